The minimum atomic E-state index is -0.235. The third-order valence-electron chi connectivity index (χ3n) is 4.34. The van der Waals surface area contributed by atoms with Gasteiger partial charge in [0.25, 0.3) is 5.91 Å². The first-order valence-corrected chi connectivity index (χ1v) is 8.54. The number of nitrogens with one attached hydrogen (secondary N) is 2. The molecule has 0 heterocycles. The molecular weight excluding hydrogens is 327 g/mol. The van der Waals surface area contributed by atoms with Crippen molar-refractivity contribution in [3.05, 3.63) is 64.4 Å². The van der Waals surface area contributed by atoms with Crippen LogP contribution in [0.25, 0.3) is 0 Å². The van der Waals surface area contributed by atoms with Crippen LogP contribution in [-0.2, 0) is 11.3 Å². The molecule has 0 radical (unpaired) electrons. The van der Waals surface area contributed by atoms with E-state index in [2.05, 4.69) is 5.32 Å². The molecule has 1 unspecified atom stereocenters. The fraction of sp³-hybridized carbons (Fsp3) is 0.316. The summed E-state index contributed by atoms with van der Waals surface area (Å²) in [6.07, 6.45) is 2.28. The maximum Gasteiger partial charge on any atom is 0.279 e. The van der Waals surface area contributed by atoms with Crippen molar-refractivity contribution in [1.82, 2.24) is 0 Å². The van der Waals surface area contributed by atoms with Crippen molar-refractivity contribution in [2.45, 2.75) is 32.4 Å². The molecule has 0 saturated heterocycles. The summed E-state index contributed by atoms with van der Waals surface area (Å²) in [4.78, 5) is 13.6. The Hall–Kier alpha value is -1.91. The van der Waals surface area contributed by atoms with Gasteiger partial charge in [-0.3, -0.25) is 4.79 Å². The normalized spacial score (nSPS) is 15.1. The van der Waals surface area contributed by atoms with E-state index in [1.54, 1.807) is 18.2 Å². The lowest BCUT2D eigenvalue weighted by Gasteiger charge is -2.19. The zero-order valence-electron chi connectivity index (χ0n) is 13.6. The fourth-order valence-corrected chi connectivity index (χ4v) is 2.97. The van der Waals surface area contributed by atoms with E-state index in [9.17, 15) is 9.18 Å². The number of carbonyl (C=O) groups excluding carboxylic acids is 1. The Morgan fingerprint density at radius 1 is 1.25 bits per heavy atom. The molecule has 1 fully saturated rings. The second-order valence-corrected chi connectivity index (χ2v) is 6.83. The third kappa shape index (κ3) is 4.56. The number of halogens is 2. The number of quaternary nitrogens is 1. The second-order valence-electron chi connectivity index (χ2n) is 6.42. The molecule has 0 bridgehead atoms. The van der Waals surface area contributed by atoms with Crippen molar-refractivity contribution in [2.24, 2.45) is 0 Å². The largest absolute Gasteiger partial charge is 0.321 e. The van der Waals surface area contributed by atoms with E-state index in [0.717, 1.165) is 30.5 Å². The van der Waals surface area contributed by atoms with Gasteiger partial charge in [-0.15, -0.1) is 0 Å². The molecule has 1 aliphatic rings. The lowest BCUT2D eigenvalue weighted by Crippen LogP contribution is -3.13. The van der Waals surface area contributed by atoms with Gasteiger partial charge in [0.2, 0.25) is 0 Å². The highest BCUT2D eigenvalue weighted by Crippen LogP contribution is 2.20. The molecule has 3 rings (SSSR count). The molecule has 24 heavy (non-hydrogen) atoms. The van der Waals surface area contributed by atoms with E-state index >= 15 is 0 Å². The van der Waals surface area contributed by atoms with Crippen LogP contribution in [0.15, 0.2) is 42.5 Å². The quantitative estimate of drug-likeness (QED) is 0.827. The average Bonchev–Trinajstić information content (AvgIpc) is 3.37. The van der Waals surface area contributed by atoms with E-state index in [-0.39, 0.29) is 11.7 Å². The van der Waals surface area contributed by atoms with Gasteiger partial charge in [0, 0.05) is 29.1 Å². The van der Waals surface area contributed by atoms with Gasteiger partial charge in [-0.2, -0.15) is 0 Å². The van der Waals surface area contributed by atoms with Crippen LogP contribution in [0, 0.1) is 12.7 Å². The smallest absolute Gasteiger partial charge is 0.279 e. The number of hydrogen-bond donors (Lipinski definition) is 2. The minimum Gasteiger partial charge on any atom is -0.321 e. The van der Waals surface area contributed by atoms with E-state index in [1.807, 2.05) is 19.1 Å². The molecule has 126 valence electrons. The van der Waals surface area contributed by atoms with Gasteiger partial charge in [-0.05, 0) is 36.8 Å². The topological polar surface area (TPSA) is 33.5 Å². The molecule has 2 aromatic rings. The van der Waals surface area contributed by atoms with Crippen molar-refractivity contribution in [1.29, 1.82) is 0 Å². The number of anilines is 1. The molecule has 0 aliphatic heterocycles. The Kier molecular flexibility index (Phi) is 5.17. The monoisotopic (exact) mass is 347 g/mol. The molecule has 2 aromatic carbocycles. The van der Waals surface area contributed by atoms with Gasteiger partial charge in [-0.1, -0.05) is 29.8 Å². The highest BCUT2D eigenvalue weighted by atomic mass is 35.5. The van der Waals surface area contributed by atoms with Crippen molar-refractivity contribution in [3.8, 4) is 0 Å². The Morgan fingerprint density at radius 3 is 2.58 bits per heavy atom. The van der Waals surface area contributed by atoms with Crippen LogP contribution < -0.4 is 10.2 Å². The van der Waals surface area contributed by atoms with Gasteiger partial charge in [0.05, 0.1) is 6.04 Å². The molecule has 3 nitrogen and oxygen atoms in total. The number of aryl methyl sites for hydroxylation is 1. The first kappa shape index (κ1) is 16.9. The van der Waals surface area contributed by atoms with Crippen LogP contribution in [0.1, 0.15) is 24.0 Å². The van der Waals surface area contributed by atoms with Crippen LogP contribution in [0.3, 0.4) is 0 Å². The molecule has 1 saturated carbocycles. The van der Waals surface area contributed by atoms with Crippen LogP contribution in [0.2, 0.25) is 5.02 Å². The maximum absolute atomic E-state index is 13.0. The zero-order chi connectivity index (χ0) is 17.1. The number of hydrogen-bond acceptors (Lipinski definition) is 1. The fourth-order valence-electron chi connectivity index (χ4n) is 2.79. The SMILES string of the molecule is Cc1ccc(NC(=O)C[NH+](Cc2ccc(F)cc2)C2CC2)cc1Cl. The molecule has 1 amide bonds. The second kappa shape index (κ2) is 7.32. The zero-order valence-corrected chi connectivity index (χ0v) is 14.4. The summed E-state index contributed by atoms with van der Waals surface area (Å²) in [5.41, 5.74) is 2.74. The van der Waals surface area contributed by atoms with Crippen LogP contribution in [0.5, 0.6) is 0 Å². The maximum atomic E-state index is 13.0. The molecule has 0 aromatic heterocycles. The van der Waals surface area contributed by atoms with Crippen molar-refractivity contribution < 1.29 is 14.1 Å². The number of benzene rings is 2. The summed E-state index contributed by atoms with van der Waals surface area (Å²) in [6.45, 7) is 3.05. The predicted molar refractivity (Wildman–Crippen MR) is 93.8 cm³/mol. The first-order valence-electron chi connectivity index (χ1n) is 8.16. The van der Waals surface area contributed by atoms with Crippen molar-refractivity contribution in [3.63, 3.8) is 0 Å². The Morgan fingerprint density at radius 2 is 1.96 bits per heavy atom. The van der Waals surface area contributed by atoms with Crippen LogP contribution >= 0.6 is 11.6 Å². The molecule has 5 heteroatoms. The lowest BCUT2D eigenvalue weighted by atomic mass is 10.2. The van der Waals surface area contributed by atoms with Crippen molar-refractivity contribution >= 4 is 23.2 Å². The van der Waals surface area contributed by atoms with Crippen LogP contribution in [0.4, 0.5) is 10.1 Å². The Balaban J connectivity index is 1.61. The number of rotatable bonds is 6. The lowest BCUT2D eigenvalue weighted by molar-refractivity contribution is -0.916. The summed E-state index contributed by atoms with van der Waals surface area (Å²) >= 11 is 6.10. The van der Waals surface area contributed by atoms with E-state index in [4.69, 9.17) is 11.6 Å². The van der Waals surface area contributed by atoms with E-state index in [0.29, 0.717) is 23.3 Å². The summed E-state index contributed by atoms with van der Waals surface area (Å²) < 4.78 is 13.0. The molecule has 2 N–H and O–H groups in total. The molecule has 1 aliphatic carbocycles. The van der Waals surface area contributed by atoms with Gasteiger partial charge in [-0.25, -0.2) is 4.39 Å². The minimum absolute atomic E-state index is 0.0288. The van der Waals surface area contributed by atoms with Gasteiger partial charge in [0.15, 0.2) is 6.54 Å². The highest BCUT2D eigenvalue weighted by molar-refractivity contribution is 6.31. The van der Waals surface area contributed by atoms with Gasteiger partial charge in [0.1, 0.15) is 12.4 Å². The predicted octanol–water partition coefficient (Wildman–Crippen LogP) is 2.97. The standard InChI is InChI=1S/C19H20ClFN2O/c1-13-2-7-16(10-18(13)20)22-19(24)12-23(17-8-9-17)11-14-3-5-15(21)6-4-14/h2-7,10,17H,8-9,11-12H2,1H3,(H,22,24)/p+1. The van der Waals surface area contributed by atoms with Crippen LogP contribution in [-0.4, -0.2) is 18.5 Å². The van der Waals surface area contributed by atoms with Crippen molar-refractivity contribution in [2.75, 3.05) is 11.9 Å². The average molecular weight is 348 g/mol. The molecule has 1 atom stereocenters. The first-order chi connectivity index (χ1) is 11.5. The van der Waals surface area contributed by atoms with Gasteiger partial charge < -0.3 is 10.2 Å². The molecule has 0 spiro atoms. The van der Waals surface area contributed by atoms with Gasteiger partial charge >= 0.3 is 0 Å². The number of amides is 1. The Bertz CT molecular complexity index is 729. The summed E-state index contributed by atoms with van der Waals surface area (Å²) in [6, 6.07) is 12.5. The Labute approximate surface area is 146 Å². The summed E-state index contributed by atoms with van der Waals surface area (Å²) in [7, 11) is 0. The third-order valence-corrected chi connectivity index (χ3v) is 4.75. The summed E-state index contributed by atoms with van der Waals surface area (Å²) in [5, 5.41) is 3.56. The van der Waals surface area contributed by atoms with E-state index in [1.165, 1.54) is 17.0 Å². The van der Waals surface area contributed by atoms with E-state index < -0.39 is 0 Å². The number of carbonyl (C=O) groups is 1. The molecular formula is C19H21ClFN2O+. The summed E-state index contributed by atoms with van der Waals surface area (Å²) in [5.74, 6) is -0.264. The highest BCUT2D eigenvalue weighted by Gasteiger charge is 2.34.